The summed E-state index contributed by atoms with van der Waals surface area (Å²) < 4.78 is 5.37. The Hall–Kier alpha value is -0.120. The molecule has 2 atom stereocenters. The van der Waals surface area contributed by atoms with Gasteiger partial charge in [-0.15, -0.1) is 0 Å². The fourth-order valence-electron chi connectivity index (χ4n) is 2.08. The standard InChI is InChI=1S/C13H27NO2/c1-4-13(3,10-15)9-14-11(2)12-5-7-16-8-6-12/h11-12,14-15H,4-10H2,1-3H3. The highest BCUT2D eigenvalue weighted by molar-refractivity contribution is 4.80. The number of hydrogen-bond acceptors (Lipinski definition) is 3. The van der Waals surface area contributed by atoms with Gasteiger partial charge in [0, 0.05) is 37.8 Å². The molecule has 2 N–H and O–H groups in total. The van der Waals surface area contributed by atoms with Gasteiger partial charge in [-0.2, -0.15) is 0 Å². The molecule has 0 aliphatic carbocycles. The molecule has 1 saturated heterocycles. The lowest BCUT2D eigenvalue weighted by Crippen LogP contribution is -2.43. The van der Waals surface area contributed by atoms with E-state index >= 15 is 0 Å². The average molecular weight is 229 g/mol. The topological polar surface area (TPSA) is 41.5 Å². The number of rotatable bonds is 6. The minimum Gasteiger partial charge on any atom is -0.396 e. The van der Waals surface area contributed by atoms with Gasteiger partial charge in [-0.1, -0.05) is 13.8 Å². The molecule has 0 amide bonds. The first-order valence-corrected chi connectivity index (χ1v) is 6.53. The number of aliphatic hydroxyl groups excluding tert-OH is 1. The van der Waals surface area contributed by atoms with Crippen molar-refractivity contribution in [2.24, 2.45) is 11.3 Å². The van der Waals surface area contributed by atoms with E-state index in [0.29, 0.717) is 6.04 Å². The predicted molar refractivity (Wildman–Crippen MR) is 66.5 cm³/mol. The molecule has 1 heterocycles. The summed E-state index contributed by atoms with van der Waals surface area (Å²) in [6.07, 6.45) is 3.34. The largest absolute Gasteiger partial charge is 0.396 e. The van der Waals surface area contributed by atoms with E-state index < -0.39 is 0 Å². The minimum atomic E-state index is 0.0272. The second-order valence-electron chi connectivity index (χ2n) is 5.44. The summed E-state index contributed by atoms with van der Waals surface area (Å²) in [6.45, 7) is 9.50. The monoisotopic (exact) mass is 229 g/mol. The van der Waals surface area contributed by atoms with Crippen molar-refractivity contribution in [3.05, 3.63) is 0 Å². The normalized spacial score (nSPS) is 24.0. The maximum Gasteiger partial charge on any atom is 0.0496 e. The second-order valence-corrected chi connectivity index (χ2v) is 5.44. The summed E-state index contributed by atoms with van der Waals surface area (Å²) in [5.41, 5.74) is 0.0272. The molecule has 1 fully saturated rings. The third-order valence-electron chi connectivity index (χ3n) is 4.06. The van der Waals surface area contributed by atoms with E-state index in [1.165, 1.54) is 0 Å². The summed E-state index contributed by atoms with van der Waals surface area (Å²) in [6, 6.07) is 0.529. The van der Waals surface area contributed by atoms with Crippen LogP contribution in [0.3, 0.4) is 0 Å². The van der Waals surface area contributed by atoms with Crippen molar-refractivity contribution in [1.29, 1.82) is 0 Å². The minimum absolute atomic E-state index is 0.0272. The van der Waals surface area contributed by atoms with Gasteiger partial charge >= 0.3 is 0 Å². The predicted octanol–water partition coefficient (Wildman–Crippen LogP) is 1.80. The van der Waals surface area contributed by atoms with Gasteiger partial charge in [0.2, 0.25) is 0 Å². The third kappa shape index (κ3) is 4.04. The molecule has 0 spiro atoms. The van der Waals surface area contributed by atoms with Gasteiger partial charge < -0.3 is 15.2 Å². The Morgan fingerprint density at radius 1 is 1.44 bits per heavy atom. The molecule has 0 bridgehead atoms. The maximum absolute atomic E-state index is 9.35. The van der Waals surface area contributed by atoms with E-state index in [-0.39, 0.29) is 12.0 Å². The molecule has 3 heteroatoms. The van der Waals surface area contributed by atoms with E-state index in [0.717, 1.165) is 44.9 Å². The van der Waals surface area contributed by atoms with Crippen LogP contribution in [0.5, 0.6) is 0 Å². The van der Waals surface area contributed by atoms with Gasteiger partial charge in [0.15, 0.2) is 0 Å². The first-order valence-electron chi connectivity index (χ1n) is 6.53. The van der Waals surface area contributed by atoms with Crippen molar-refractivity contribution in [2.75, 3.05) is 26.4 Å². The molecule has 1 rings (SSSR count). The van der Waals surface area contributed by atoms with E-state index in [1.807, 2.05) is 0 Å². The summed E-state index contributed by atoms with van der Waals surface area (Å²) in [5, 5.41) is 12.9. The van der Waals surface area contributed by atoms with Crippen molar-refractivity contribution in [3.63, 3.8) is 0 Å². The quantitative estimate of drug-likeness (QED) is 0.730. The zero-order chi connectivity index (χ0) is 12.0. The van der Waals surface area contributed by atoms with Gasteiger partial charge in [0.25, 0.3) is 0 Å². The van der Waals surface area contributed by atoms with E-state index in [4.69, 9.17) is 4.74 Å². The first kappa shape index (κ1) is 13.9. The molecule has 0 radical (unpaired) electrons. The fraction of sp³-hybridized carbons (Fsp3) is 1.00. The van der Waals surface area contributed by atoms with Gasteiger partial charge in [-0.25, -0.2) is 0 Å². The van der Waals surface area contributed by atoms with Crippen LogP contribution in [-0.4, -0.2) is 37.5 Å². The van der Waals surface area contributed by atoms with Gasteiger partial charge in [0.05, 0.1) is 0 Å². The summed E-state index contributed by atoms with van der Waals surface area (Å²) in [4.78, 5) is 0. The van der Waals surface area contributed by atoms with E-state index in [1.54, 1.807) is 0 Å². The Bertz CT molecular complexity index is 186. The highest BCUT2D eigenvalue weighted by atomic mass is 16.5. The van der Waals surface area contributed by atoms with Crippen LogP contribution in [0, 0.1) is 11.3 Å². The maximum atomic E-state index is 9.35. The first-order chi connectivity index (χ1) is 7.61. The van der Waals surface area contributed by atoms with Crippen LogP contribution in [-0.2, 0) is 4.74 Å². The van der Waals surface area contributed by atoms with Crippen molar-refractivity contribution in [2.45, 2.75) is 46.1 Å². The molecule has 3 nitrogen and oxygen atoms in total. The molecular weight excluding hydrogens is 202 g/mol. The molecule has 1 aliphatic heterocycles. The Morgan fingerprint density at radius 2 is 2.06 bits per heavy atom. The van der Waals surface area contributed by atoms with Crippen LogP contribution in [0.15, 0.2) is 0 Å². The number of nitrogens with one attached hydrogen (secondary N) is 1. The van der Waals surface area contributed by atoms with Crippen molar-refractivity contribution in [3.8, 4) is 0 Å². The summed E-state index contributed by atoms with van der Waals surface area (Å²) in [7, 11) is 0. The smallest absolute Gasteiger partial charge is 0.0496 e. The van der Waals surface area contributed by atoms with Crippen LogP contribution < -0.4 is 5.32 Å². The van der Waals surface area contributed by atoms with Crippen molar-refractivity contribution in [1.82, 2.24) is 5.32 Å². The molecular formula is C13H27NO2. The zero-order valence-electron chi connectivity index (χ0n) is 11.0. The van der Waals surface area contributed by atoms with E-state index in [9.17, 15) is 5.11 Å². The summed E-state index contributed by atoms with van der Waals surface area (Å²) >= 11 is 0. The van der Waals surface area contributed by atoms with Crippen LogP contribution in [0.4, 0.5) is 0 Å². The molecule has 1 aliphatic rings. The summed E-state index contributed by atoms with van der Waals surface area (Å²) in [5.74, 6) is 0.730. The number of ether oxygens (including phenoxy) is 1. The molecule has 0 aromatic heterocycles. The number of aliphatic hydroxyl groups is 1. The van der Waals surface area contributed by atoms with Gasteiger partial charge in [0.1, 0.15) is 0 Å². The molecule has 96 valence electrons. The molecule has 2 unspecified atom stereocenters. The van der Waals surface area contributed by atoms with Crippen LogP contribution in [0.1, 0.15) is 40.0 Å². The van der Waals surface area contributed by atoms with Crippen LogP contribution in [0.25, 0.3) is 0 Å². The Labute approximate surface area is 99.6 Å². The fourth-order valence-corrected chi connectivity index (χ4v) is 2.08. The Balaban J connectivity index is 2.30. The number of hydrogen-bond donors (Lipinski definition) is 2. The lowest BCUT2D eigenvalue weighted by atomic mass is 9.87. The third-order valence-corrected chi connectivity index (χ3v) is 4.06. The van der Waals surface area contributed by atoms with Crippen molar-refractivity contribution < 1.29 is 9.84 Å². The van der Waals surface area contributed by atoms with Gasteiger partial charge in [-0.3, -0.25) is 0 Å². The lowest BCUT2D eigenvalue weighted by Gasteiger charge is -2.33. The Kier molecular flexibility index (Phi) is 5.73. The van der Waals surface area contributed by atoms with Gasteiger partial charge in [-0.05, 0) is 32.1 Å². The van der Waals surface area contributed by atoms with E-state index in [2.05, 4.69) is 26.1 Å². The molecule has 0 saturated carbocycles. The van der Waals surface area contributed by atoms with Crippen molar-refractivity contribution >= 4 is 0 Å². The van der Waals surface area contributed by atoms with Crippen LogP contribution >= 0.6 is 0 Å². The highest BCUT2D eigenvalue weighted by Gasteiger charge is 2.25. The Morgan fingerprint density at radius 3 is 2.56 bits per heavy atom. The zero-order valence-corrected chi connectivity index (χ0v) is 11.0. The molecule has 0 aromatic carbocycles. The van der Waals surface area contributed by atoms with Crippen LogP contribution in [0.2, 0.25) is 0 Å². The molecule has 0 aromatic rings. The second kappa shape index (κ2) is 6.58. The molecule has 16 heavy (non-hydrogen) atoms. The average Bonchev–Trinajstić information content (AvgIpc) is 2.36. The highest BCUT2D eigenvalue weighted by Crippen LogP contribution is 2.22. The lowest BCUT2D eigenvalue weighted by molar-refractivity contribution is 0.0522. The SMILES string of the molecule is CCC(C)(CO)CNC(C)C1CCOCC1.